The zero-order valence-electron chi connectivity index (χ0n) is 19.8. The first kappa shape index (κ1) is 23.5. The van der Waals surface area contributed by atoms with Gasteiger partial charge in [0, 0.05) is 35.9 Å². The van der Waals surface area contributed by atoms with Crippen LogP contribution in [-0.4, -0.2) is 25.7 Å². The minimum Gasteiger partial charge on any atom is -0.491 e. The molecule has 1 saturated heterocycles. The van der Waals surface area contributed by atoms with Gasteiger partial charge in [0.15, 0.2) is 5.11 Å². The van der Waals surface area contributed by atoms with Gasteiger partial charge in [-0.25, -0.2) is 0 Å². The number of ether oxygens (including phenoxy) is 1. The number of nitrogens with zero attached hydrogens (tertiary/aromatic N) is 4. The molecule has 36 heavy (non-hydrogen) atoms. The molecule has 1 aliphatic heterocycles. The van der Waals surface area contributed by atoms with Gasteiger partial charge in [0.05, 0.1) is 28.5 Å². The van der Waals surface area contributed by atoms with Crippen LogP contribution in [0.1, 0.15) is 37.3 Å². The van der Waals surface area contributed by atoms with Crippen molar-refractivity contribution >= 4 is 28.7 Å². The van der Waals surface area contributed by atoms with E-state index in [9.17, 15) is 10.1 Å². The summed E-state index contributed by atoms with van der Waals surface area (Å²) >= 11 is 5.83. The number of nitro groups is 1. The summed E-state index contributed by atoms with van der Waals surface area (Å²) in [6.45, 7) is 3.98. The summed E-state index contributed by atoms with van der Waals surface area (Å²) in [4.78, 5) is 17.7. The minimum absolute atomic E-state index is 0.0334. The number of benzene rings is 2. The second-order valence-corrected chi connectivity index (χ2v) is 9.12. The fourth-order valence-corrected chi connectivity index (χ4v) is 4.86. The smallest absolute Gasteiger partial charge is 0.271 e. The number of nitrogens with one attached hydrogen (secondary N) is 1. The molecule has 5 rings (SSSR count). The van der Waals surface area contributed by atoms with Crippen molar-refractivity contribution in [2.45, 2.75) is 32.0 Å². The van der Waals surface area contributed by atoms with Crippen LogP contribution in [0.4, 0.5) is 11.4 Å². The second kappa shape index (κ2) is 9.79. The molecule has 4 aromatic rings. The first-order chi connectivity index (χ1) is 17.4. The molecular formula is C27H25N5O3S. The van der Waals surface area contributed by atoms with Crippen LogP contribution in [0.5, 0.6) is 5.75 Å². The predicted octanol–water partition coefficient (Wildman–Crippen LogP) is 5.74. The monoisotopic (exact) mass is 499 g/mol. The van der Waals surface area contributed by atoms with E-state index in [4.69, 9.17) is 17.0 Å². The molecule has 0 aliphatic carbocycles. The molecule has 0 spiro atoms. The van der Waals surface area contributed by atoms with Gasteiger partial charge in [0.25, 0.3) is 5.69 Å². The molecule has 0 saturated carbocycles. The van der Waals surface area contributed by atoms with Gasteiger partial charge in [0.1, 0.15) is 11.8 Å². The summed E-state index contributed by atoms with van der Waals surface area (Å²) in [6.07, 6.45) is 3.74. The van der Waals surface area contributed by atoms with E-state index in [1.54, 1.807) is 18.3 Å². The molecule has 182 valence electrons. The first-order valence-corrected chi connectivity index (χ1v) is 12.0. The fourth-order valence-electron chi connectivity index (χ4n) is 4.52. The number of thiocarbonyl (C=S) groups is 1. The number of anilines is 1. The lowest BCUT2D eigenvalue weighted by Gasteiger charge is -2.29. The molecule has 1 N–H and O–H groups in total. The number of non-ortho nitro benzene ring substituents is 1. The zero-order chi connectivity index (χ0) is 25.2. The molecular weight excluding hydrogens is 474 g/mol. The summed E-state index contributed by atoms with van der Waals surface area (Å²) in [5.74, 6) is 0.782. The van der Waals surface area contributed by atoms with Crippen molar-refractivity contribution in [1.29, 1.82) is 0 Å². The van der Waals surface area contributed by atoms with Crippen LogP contribution in [0.15, 0.2) is 91.3 Å². The lowest BCUT2D eigenvalue weighted by Crippen LogP contribution is -2.30. The normalized spacial score (nSPS) is 17.3. The Labute approximate surface area is 214 Å². The summed E-state index contributed by atoms with van der Waals surface area (Å²) in [5, 5.41) is 15.4. The average Bonchev–Trinajstić information content (AvgIpc) is 3.49. The average molecular weight is 500 g/mol. The quantitative estimate of drug-likeness (QED) is 0.197. The first-order valence-electron chi connectivity index (χ1n) is 11.6. The number of hydrogen-bond donors (Lipinski definition) is 1. The Morgan fingerprint density at radius 2 is 1.83 bits per heavy atom. The maximum atomic E-state index is 11.4. The Bertz CT molecular complexity index is 1390. The van der Waals surface area contributed by atoms with E-state index in [2.05, 4.69) is 15.2 Å². The van der Waals surface area contributed by atoms with Crippen molar-refractivity contribution in [3.05, 3.63) is 113 Å². The van der Waals surface area contributed by atoms with Gasteiger partial charge < -0.3 is 19.5 Å². The maximum Gasteiger partial charge on any atom is 0.271 e. The highest BCUT2D eigenvalue weighted by molar-refractivity contribution is 7.80. The number of nitro benzene ring substituents is 1. The molecule has 1 aliphatic rings. The van der Waals surface area contributed by atoms with E-state index >= 15 is 0 Å². The van der Waals surface area contributed by atoms with Crippen LogP contribution >= 0.6 is 12.2 Å². The second-order valence-electron chi connectivity index (χ2n) is 8.74. The topological polar surface area (TPSA) is 85.5 Å². The van der Waals surface area contributed by atoms with Crippen LogP contribution in [0, 0.1) is 10.1 Å². The number of aromatic nitrogens is 2. The van der Waals surface area contributed by atoms with E-state index in [1.807, 2.05) is 85.3 Å². The molecule has 0 amide bonds. The summed E-state index contributed by atoms with van der Waals surface area (Å²) in [7, 11) is 0. The Morgan fingerprint density at radius 3 is 2.53 bits per heavy atom. The summed E-state index contributed by atoms with van der Waals surface area (Å²) in [6, 6.07) is 23.7. The lowest BCUT2D eigenvalue weighted by molar-refractivity contribution is -0.384. The highest BCUT2D eigenvalue weighted by Crippen LogP contribution is 2.42. The summed E-state index contributed by atoms with van der Waals surface area (Å²) in [5.41, 5.74) is 3.40. The molecule has 3 heterocycles. The summed E-state index contributed by atoms with van der Waals surface area (Å²) < 4.78 is 7.78. The number of pyridine rings is 1. The van der Waals surface area contributed by atoms with Gasteiger partial charge in [0.2, 0.25) is 0 Å². The molecule has 2 atom stereocenters. The largest absolute Gasteiger partial charge is 0.491 e. The lowest BCUT2D eigenvalue weighted by atomic mass is 10.0. The van der Waals surface area contributed by atoms with Gasteiger partial charge >= 0.3 is 0 Å². The highest BCUT2D eigenvalue weighted by atomic mass is 32.1. The van der Waals surface area contributed by atoms with Gasteiger partial charge in [-0.05, 0) is 80.7 Å². The van der Waals surface area contributed by atoms with Crippen molar-refractivity contribution < 1.29 is 9.66 Å². The van der Waals surface area contributed by atoms with Gasteiger partial charge in [-0.15, -0.1) is 0 Å². The Kier molecular flexibility index (Phi) is 6.39. The molecule has 0 bridgehead atoms. The molecule has 8 nitrogen and oxygen atoms in total. The zero-order valence-corrected chi connectivity index (χ0v) is 20.6. The van der Waals surface area contributed by atoms with E-state index < -0.39 is 0 Å². The number of rotatable bonds is 7. The molecule has 9 heteroatoms. The van der Waals surface area contributed by atoms with Crippen molar-refractivity contribution in [3.8, 4) is 11.4 Å². The third-order valence-electron chi connectivity index (χ3n) is 5.99. The highest BCUT2D eigenvalue weighted by Gasteiger charge is 2.42. The van der Waals surface area contributed by atoms with Crippen molar-refractivity contribution in [3.63, 3.8) is 0 Å². The van der Waals surface area contributed by atoms with Crippen LogP contribution in [-0.2, 0) is 0 Å². The van der Waals surface area contributed by atoms with Crippen LogP contribution in [0.3, 0.4) is 0 Å². The van der Waals surface area contributed by atoms with E-state index in [0.29, 0.717) is 10.8 Å². The maximum absolute atomic E-state index is 11.4. The van der Waals surface area contributed by atoms with Gasteiger partial charge in [-0.3, -0.25) is 15.1 Å². The Hall–Kier alpha value is -4.24. The van der Waals surface area contributed by atoms with Crippen LogP contribution in [0.25, 0.3) is 5.69 Å². The van der Waals surface area contributed by atoms with E-state index in [1.165, 1.54) is 6.07 Å². The fraction of sp³-hybridized carbons (Fsp3) is 0.185. The van der Waals surface area contributed by atoms with Crippen LogP contribution in [0.2, 0.25) is 0 Å². The van der Waals surface area contributed by atoms with Gasteiger partial charge in [-0.1, -0.05) is 12.1 Å². The van der Waals surface area contributed by atoms with Crippen LogP contribution < -0.4 is 15.0 Å². The molecule has 1 fully saturated rings. The SMILES string of the molecule is CC(C)Oc1ccc(N2C(=S)N[C@H](c3ccccn3)[C@@H]2c2cccn2-c2cccc([N+](=O)[O-])c2)cc1. The molecule has 0 radical (unpaired) electrons. The Morgan fingerprint density at radius 1 is 1.03 bits per heavy atom. The third-order valence-corrected chi connectivity index (χ3v) is 6.30. The van der Waals surface area contributed by atoms with Crippen molar-refractivity contribution in [2.24, 2.45) is 0 Å². The third kappa shape index (κ3) is 4.52. The predicted molar refractivity (Wildman–Crippen MR) is 143 cm³/mol. The number of hydrogen-bond acceptors (Lipinski definition) is 5. The molecule has 2 aromatic carbocycles. The molecule has 0 unspecified atom stereocenters. The van der Waals surface area contributed by atoms with Gasteiger partial charge in [-0.2, -0.15) is 0 Å². The van der Waals surface area contributed by atoms with Crippen molar-refractivity contribution in [2.75, 3.05) is 4.90 Å². The van der Waals surface area contributed by atoms with Crippen molar-refractivity contribution in [1.82, 2.24) is 14.9 Å². The van der Waals surface area contributed by atoms with E-state index in [-0.39, 0.29) is 28.8 Å². The molecule has 2 aromatic heterocycles. The minimum atomic E-state index is -0.386. The standard InChI is InChI=1S/C27H25N5O3S/c1-18(2)35-22-13-11-19(12-14-22)31-26(25(29-27(31)36)23-9-3-4-15-28-23)24-10-6-16-30(24)20-7-5-8-21(17-20)32(33)34/h3-18,25-26H,1-2H3,(H,29,36)/t25-,26+/m1/s1. The van der Waals surface area contributed by atoms with E-state index in [0.717, 1.165) is 22.8 Å². The Balaban J connectivity index is 1.61.